The number of aromatic nitrogens is 1. The van der Waals surface area contributed by atoms with E-state index in [1.165, 1.54) is 11.3 Å². The summed E-state index contributed by atoms with van der Waals surface area (Å²) in [5.74, 6) is 0.259. The highest BCUT2D eigenvalue weighted by Gasteiger charge is 2.35. The lowest BCUT2D eigenvalue weighted by Gasteiger charge is -2.28. The van der Waals surface area contributed by atoms with Gasteiger partial charge >= 0.3 is 0 Å². The smallest absolute Gasteiger partial charge is 0.264 e. The number of pyridine rings is 1. The van der Waals surface area contributed by atoms with Crippen molar-refractivity contribution >= 4 is 34.7 Å². The Hall–Kier alpha value is -2.45. The number of thiophene rings is 1. The number of rotatable bonds is 4. The third kappa shape index (κ3) is 3.96. The van der Waals surface area contributed by atoms with Crippen LogP contribution in [0, 0.1) is 0 Å². The lowest BCUT2D eigenvalue weighted by atomic mass is 10.2. The van der Waals surface area contributed by atoms with Crippen LogP contribution >= 0.6 is 11.3 Å². The minimum Gasteiger partial charge on any atom is -0.378 e. The first-order chi connectivity index (χ1) is 13.2. The first kappa shape index (κ1) is 17.9. The van der Waals surface area contributed by atoms with E-state index in [1.54, 1.807) is 17.2 Å². The SMILES string of the molecule is O=C(Nc1ccc(N2CCOCC2)cn1)[C@@H]1CCCN1C(=O)c1cccs1. The fourth-order valence-corrected chi connectivity index (χ4v) is 4.18. The van der Waals surface area contributed by atoms with Gasteiger partial charge in [0.25, 0.3) is 5.91 Å². The number of ether oxygens (including phenoxy) is 1. The number of amides is 2. The number of hydrogen-bond acceptors (Lipinski definition) is 6. The molecule has 4 heterocycles. The molecule has 2 saturated heterocycles. The quantitative estimate of drug-likeness (QED) is 0.872. The number of hydrogen-bond donors (Lipinski definition) is 1. The Balaban J connectivity index is 1.40. The molecule has 2 aliphatic rings. The number of carbonyl (C=O) groups is 2. The van der Waals surface area contributed by atoms with Gasteiger partial charge in [0.1, 0.15) is 11.9 Å². The van der Waals surface area contributed by atoms with Crippen LogP contribution in [0.5, 0.6) is 0 Å². The lowest BCUT2D eigenvalue weighted by Crippen LogP contribution is -2.43. The maximum Gasteiger partial charge on any atom is 0.264 e. The summed E-state index contributed by atoms with van der Waals surface area (Å²) in [5, 5.41) is 4.73. The van der Waals surface area contributed by atoms with Gasteiger partial charge in [-0.2, -0.15) is 0 Å². The van der Waals surface area contributed by atoms with Gasteiger partial charge in [0.15, 0.2) is 0 Å². The van der Waals surface area contributed by atoms with Gasteiger partial charge < -0.3 is 19.9 Å². The van der Waals surface area contributed by atoms with Crippen LogP contribution in [0.15, 0.2) is 35.8 Å². The maximum absolute atomic E-state index is 12.7. The van der Waals surface area contributed by atoms with Crippen molar-refractivity contribution in [2.75, 3.05) is 43.1 Å². The molecule has 0 unspecified atom stereocenters. The average molecular weight is 386 g/mol. The zero-order chi connectivity index (χ0) is 18.6. The largest absolute Gasteiger partial charge is 0.378 e. The molecule has 4 rings (SSSR count). The van der Waals surface area contributed by atoms with Crippen LogP contribution in [0.1, 0.15) is 22.5 Å². The number of anilines is 2. The van der Waals surface area contributed by atoms with Crippen molar-refractivity contribution in [2.24, 2.45) is 0 Å². The molecule has 0 spiro atoms. The van der Waals surface area contributed by atoms with Crippen molar-refractivity contribution in [1.29, 1.82) is 0 Å². The van der Waals surface area contributed by atoms with Crippen LogP contribution in [0.2, 0.25) is 0 Å². The van der Waals surface area contributed by atoms with Crippen LogP contribution < -0.4 is 10.2 Å². The van der Waals surface area contributed by atoms with Crippen molar-refractivity contribution in [3.05, 3.63) is 40.7 Å². The Morgan fingerprint density at radius 1 is 1.19 bits per heavy atom. The highest BCUT2D eigenvalue weighted by molar-refractivity contribution is 7.12. The van der Waals surface area contributed by atoms with Crippen molar-refractivity contribution in [3.8, 4) is 0 Å². The first-order valence-corrected chi connectivity index (χ1v) is 10.0. The minimum atomic E-state index is -0.444. The molecule has 1 atom stereocenters. The van der Waals surface area contributed by atoms with Gasteiger partial charge in [-0.05, 0) is 36.4 Å². The second-order valence-corrected chi connectivity index (χ2v) is 7.57. The van der Waals surface area contributed by atoms with E-state index in [9.17, 15) is 9.59 Å². The third-order valence-corrected chi connectivity index (χ3v) is 5.78. The fraction of sp³-hybridized carbons (Fsp3) is 0.421. The molecule has 142 valence electrons. The van der Waals surface area contributed by atoms with Crippen LogP contribution in [0.3, 0.4) is 0 Å². The summed E-state index contributed by atoms with van der Waals surface area (Å²) in [6, 6.07) is 6.97. The van der Waals surface area contributed by atoms with Gasteiger partial charge in [-0.15, -0.1) is 11.3 Å². The number of nitrogens with zero attached hydrogens (tertiary/aromatic N) is 3. The normalized spacial score (nSPS) is 19.9. The van der Waals surface area contributed by atoms with E-state index >= 15 is 0 Å². The Kier molecular flexibility index (Phi) is 5.35. The predicted molar refractivity (Wildman–Crippen MR) is 104 cm³/mol. The Morgan fingerprint density at radius 2 is 2.04 bits per heavy atom. The summed E-state index contributed by atoms with van der Waals surface area (Å²) < 4.78 is 5.36. The average Bonchev–Trinajstić information content (AvgIpc) is 3.41. The molecule has 0 bridgehead atoms. The summed E-state index contributed by atoms with van der Waals surface area (Å²) >= 11 is 1.40. The number of carbonyl (C=O) groups excluding carboxylic acids is 2. The van der Waals surface area contributed by atoms with Gasteiger partial charge in [0, 0.05) is 19.6 Å². The number of morpholine rings is 1. The summed E-state index contributed by atoms with van der Waals surface area (Å²) in [6.45, 7) is 3.73. The number of nitrogens with one attached hydrogen (secondary N) is 1. The molecule has 2 amide bonds. The zero-order valence-corrected chi connectivity index (χ0v) is 15.8. The van der Waals surface area contributed by atoms with E-state index in [-0.39, 0.29) is 11.8 Å². The summed E-state index contributed by atoms with van der Waals surface area (Å²) in [4.78, 5) is 34.3. The molecule has 0 saturated carbocycles. The second kappa shape index (κ2) is 8.06. The Bertz CT molecular complexity index is 788. The molecule has 2 fully saturated rings. The van der Waals surface area contributed by atoms with E-state index in [0.717, 1.165) is 25.2 Å². The summed E-state index contributed by atoms with van der Waals surface area (Å²) in [7, 11) is 0. The molecule has 27 heavy (non-hydrogen) atoms. The molecular weight excluding hydrogens is 364 g/mol. The molecule has 2 aromatic heterocycles. The standard InChI is InChI=1S/C19H22N4O3S/c24-18(15-3-1-7-23(15)19(25)16-4-2-12-27-16)21-17-6-5-14(13-20-17)22-8-10-26-11-9-22/h2,4-6,12-13,15H,1,3,7-11H2,(H,20,21,24)/t15-/m0/s1. The highest BCUT2D eigenvalue weighted by atomic mass is 32.1. The topological polar surface area (TPSA) is 74.8 Å². The molecule has 2 aliphatic heterocycles. The lowest BCUT2D eigenvalue weighted by molar-refractivity contribution is -0.119. The van der Waals surface area contributed by atoms with Gasteiger partial charge in [-0.3, -0.25) is 9.59 Å². The van der Waals surface area contributed by atoms with E-state index in [2.05, 4.69) is 15.2 Å². The fourth-order valence-electron chi connectivity index (χ4n) is 3.50. The predicted octanol–water partition coefficient (Wildman–Crippen LogP) is 2.22. The van der Waals surface area contributed by atoms with E-state index < -0.39 is 6.04 Å². The van der Waals surface area contributed by atoms with Crippen molar-refractivity contribution < 1.29 is 14.3 Å². The minimum absolute atomic E-state index is 0.0710. The third-order valence-electron chi connectivity index (χ3n) is 4.92. The van der Waals surface area contributed by atoms with Gasteiger partial charge in [0.2, 0.25) is 5.91 Å². The Morgan fingerprint density at radius 3 is 2.74 bits per heavy atom. The molecule has 0 aromatic carbocycles. The highest BCUT2D eigenvalue weighted by Crippen LogP contribution is 2.23. The van der Waals surface area contributed by atoms with Crippen LogP contribution in [-0.2, 0) is 9.53 Å². The molecule has 2 aromatic rings. The Labute approximate surface area is 161 Å². The molecule has 7 nitrogen and oxygen atoms in total. The summed E-state index contributed by atoms with van der Waals surface area (Å²) in [5.41, 5.74) is 1.02. The van der Waals surface area contributed by atoms with Crippen LogP contribution in [0.4, 0.5) is 11.5 Å². The monoisotopic (exact) mass is 386 g/mol. The summed E-state index contributed by atoms with van der Waals surface area (Å²) in [6.07, 6.45) is 3.28. The molecule has 0 radical (unpaired) electrons. The van der Waals surface area contributed by atoms with Crippen molar-refractivity contribution in [1.82, 2.24) is 9.88 Å². The van der Waals surface area contributed by atoms with E-state index in [1.807, 2.05) is 23.6 Å². The number of likely N-dealkylation sites (tertiary alicyclic amines) is 1. The van der Waals surface area contributed by atoms with E-state index in [0.29, 0.717) is 36.9 Å². The zero-order valence-electron chi connectivity index (χ0n) is 15.0. The first-order valence-electron chi connectivity index (χ1n) is 9.16. The van der Waals surface area contributed by atoms with Crippen LogP contribution in [0.25, 0.3) is 0 Å². The van der Waals surface area contributed by atoms with Crippen molar-refractivity contribution in [2.45, 2.75) is 18.9 Å². The van der Waals surface area contributed by atoms with Gasteiger partial charge in [-0.1, -0.05) is 6.07 Å². The van der Waals surface area contributed by atoms with Gasteiger partial charge in [-0.25, -0.2) is 4.98 Å². The van der Waals surface area contributed by atoms with Crippen molar-refractivity contribution in [3.63, 3.8) is 0 Å². The maximum atomic E-state index is 12.7. The second-order valence-electron chi connectivity index (χ2n) is 6.62. The van der Waals surface area contributed by atoms with E-state index in [4.69, 9.17) is 4.74 Å². The van der Waals surface area contributed by atoms with Gasteiger partial charge in [0.05, 0.1) is 30.0 Å². The van der Waals surface area contributed by atoms with Crippen LogP contribution in [-0.4, -0.2) is 60.6 Å². The molecule has 0 aliphatic carbocycles. The molecule has 1 N–H and O–H groups in total. The molecule has 8 heteroatoms. The molecular formula is C19H22N4O3S.